The second-order valence-corrected chi connectivity index (χ2v) is 6.83. The third kappa shape index (κ3) is 2.68. The van der Waals surface area contributed by atoms with E-state index in [1.807, 2.05) is 25.1 Å². The van der Waals surface area contributed by atoms with Gasteiger partial charge in [-0.2, -0.15) is 4.37 Å². The van der Waals surface area contributed by atoms with Crippen LogP contribution < -0.4 is 15.1 Å². The molecule has 1 aromatic carbocycles. The van der Waals surface area contributed by atoms with Gasteiger partial charge in [-0.25, -0.2) is 9.18 Å². The average Bonchev–Trinajstić information content (AvgIpc) is 2.92. The lowest BCUT2D eigenvalue weighted by atomic mass is 10.2. The second kappa shape index (κ2) is 5.84. The van der Waals surface area contributed by atoms with E-state index in [2.05, 4.69) is 32.3 Å². The van der Waals surface area contributed by atoms with E-state index in [1.54, 1.807) is 0 Å². The van der Waals surface area contributed by atoms with E-state index < -0.39 is 18.1 Å². The topological polar surface area (TPSA) is 65.5 Å². The molecule has 1 aliphatic heterocycles. The van der Waals surface area contributed by atoms with Gasteiger partial charge in [-0.1, -0.05) is 0 Å². The van der Waals surface area contributed by atoms with Crippen LogP contribution in [0.4, 0.5) is 14.9 Å². The lowest BCUT2D eigenvalue weighted by Gasteiger charge is -2.29. The molecule has 114 valence electrons. The van der Waals surface area contributed by atoms with E-state index in [0.29, 0.717) is 15.4 Å². The van der Waals surface area contributed by atoms with Crippen LogP contribution in [0.2, 0.25) is 0 Å². The first-order chi connectivity index (χ1) is 10.5. The van der Waals surface area contributed by atoms with Crippen LogP contribution in [-0.4, -0.2) is 26.6 Å². The SMILES string of the molecule is Cc1cc(I)ccc1NC1C(F)=c2sncc2=CN1C(=O)O. The van der Waals surface area contributed by atoms with Gasteiger partial charge >= 0.3 is 6.09 Å². The summed E-state index contributed by atoms with van der Waals surface area (Å²) in [5.41, 5.74) is 1.60. The Morgan fingerprint density at radius 1 is 1.55 bits per heavy atom. The minimum Gasteiger partial charge on any atom is -0.465 e. The summed E-state index contributed by atoms with van der Waals surface area (Å²) in [6, 6.07) is 5.63. The molecule has 1 unspecified atom stereocenters. The standard InChI is InChI=1S/C14H11FIN3O2S/c1-7-4-9(16)2-3-10(7)18-13-11(15)12-8(5-17-22-12)6-19(13)14(20)21/h2-6,13,18H,1H3,(H,20,21). The van der Waals surface area contributed by atoms with Gasteiger partial charge in [-0.05, 0) is 64.8 Å². The Morgan fingerprint density at radius 2 is 2.32 bits per heavy atom. The van der Waals surface area contributed by atoms with Crippen molar-refractivity contribution < 1.29 is 14.3 Å². The molecule has 2 aromatic rings. The molecular weight excluding hydrogens is 420 g/mol. The van der Waals surface area contributed by atoms with Crippen molar-refractivity contribution in [2.24, 2.45) is 0 Å². The van der Waals surface area contributed by atoms with Crippen LogP contribution in [0.3, 0.4) is 0 Å². The summed E-state index contributed by atoms with van der Waals surface area (Å²) in [5.74, 6) is -0.541. The molecule has 3 rings (SSSR count). The lowest BCUT2D eigenvalue weighted by Crippen LogP contribution is -2.48. The van der Waals surface area contributed by atoms with Crippen molar-refractivity contribution in [3.8, 4) is 0 Å². The minimum atomic E-state index is -1.23. The van der Waals surface area contributed by atoms with Crippen LogP contribution >= 0.6 is 34.1 Å². The minimum absolute atomic E-state index is 0.359. The second-order valence-electron chi connectivity index (χ2n) is 4.78. The van der Waals surface area contributed by atoms with Crippen molar-refractivity contribution >= 4 is 57.9 Å². The van der Waals surface area contributed by atoms with Crippen molar-refractivity contribution in [3.63, 3.8) is 0 Å². The van der Waals surface area contributed by atoms with E-state index in [9.17, 15) is 14.3 Å². The van der Waals surface area contributed by atoms with E-state index in [4.69, 9.17) is 0 Å². The van der Waals surface area contributed by atoms with Crippen molar-refractivity contribution in [1.82, 2.24) is 9.27 Å². The number of anilines is 1. The molecule has 0 fully saturated rings. The predicted octanol–water partition coefficient (Wildman–Crippen LogP) is 2.30. The van der Waals surface area contributed by atoms with Crippen molar-refractivity contribution in [2.75, 3.05) is 5.32 Å². The van der Waals surface area contributed by atoms with Crippen molar-refractivity contribution in [3.05, 3.63) is 43.3 Å². The maximum Gasteiger partial charge on any atom is 0.413 e. The Balaban J connectivity index is 2.06. The van der Waals surface area contributed by atoms with Crippen LogP contribution in [0, 0.1) is 10.5 Å². The number of aromatic nitrogens is 1. The molecule has 2 heterocycles. The molecule has 0 aliphatic carbocycles. The van der Waals surface area contributed by atoms with Crippen LogP contribution in [0.1, 0.15) is 5.56 Å². The fraction of sp³-hybridized carbons (Fsp3) is 0.143. The van der Waals surface area contributed by atoms with E-state index >= 15 is 0 Å². The smallest absolute Gasteiger partial charge is 0.413 e. The molecule has 0 saturated carbocycles. The Bertz CT molecular complexity index is 867. The summed E-state index contributed by atoms with van der Waals surface area (Å²) in [7, 11) is 0. The van der Waals surface area contributed by atoms with Crippen LogP contribution in [0.15, 0.2) is 24.4 Å². The summed E-state index contributed by atoms with van der Waals surface area (Å²) < 4.78 is 20.0. The first-order valence-electron chi connectivity index (χ1n) is 6.33. The summed E-state index contributed by atoms with van der Waals surface area (Å²) in [5, 5.41) is 12.8. The van der Waals surface area contributed by atoms with Gasteiger partial charge in [-0.3, -0.25) is 4.90 Å². The molecule has 0 radical (unpaired) electrons. The number of halogens is 2. The first kappa shape index (κ1) is 15.2. The van der Waals surface area contributed by atoms with Gasteiger partial charge in [0.2, 0.25) is 0 Å². The molecule has 0 bridgehead atoms. The van der Waals surface area contributed by atoms with Gasteiger partial charge in [0, 0.05) is 20.7 Å². The highest BCUT2D eigenvalue weighted by Gasteiger charge is 2.30. The number of benzene rings is 1. The van der Waals surface area contributed by atoms with E-state index in [-0.39, 0.29) is 0 Å². The summed E-state index contributed by atoms with van der Waals surface area (Å²) in [6.07, 6.45) is 0.531. The highest BCUT2D eigenvalue weighted by Crippen LogP contribution is 2.23. The Kier molecular flexibility index (Phi) is 4.04. The number of fused-ring (bicyclic) bond motifs is 1. The summed E-state index contributed by atoms with van der Waals surface area (Å²) >= 11 is 3.20. The monoisotopic (exact) mass is 431 g/mol. The molecule has 0 spiro atoms. The number of carbonyl (C=O) groups is 1. The molecule has 8 heteroatoms. The van der Waals surface area contributed by atoms with Gasteiger partial charge in [0.25, 0.3) is 0 Å². The van der Waals surface area contributed by atoms with Gasteiger partial charge in [0.1, 0.15) is 0 Å². The van der Waals surface area contributed by atoms with Gasteiger partial charge in [0.15, 0.2) is 12.0 Å². The predicted molar refractivity (Wildman–Crippen MR) is 91.5 cm³/mol. The normalized spacial score (nSPS) is 17.0. The molecule has 22 heavy (non-hydrogen) atoms. The van der Waals surface area contributed by atoms with Gasteiger partial charge in [-0.15, -0.1) is 0 Å². The number of nitrogens with one attached hydrogen (secondary N) is 1. The zero-order valence-corrected chi connectivity index (χ0v) is 14.4. The number of amides is 1. The first-order valence-corrected chi connectivity index (χ1v) is 8.19. The summed E-state index contributed by atoms with van der Waals surface area (Å²) in [4.78, 5) is 12.3. The molecule has 1 atom stereocenters. The number of aryl methyl sites for hydroxylation is 1. The third-order valence-electron chi connectivity index (χ3n) is 3.31. The molecular formula is C14H11FIN3O2S. The van der Waals surface area contributed by atoms with E-state index in [1.165, 1.54) is 12.4 Å². The highest BCUT2D eigenvalue weighted by atomic mass is 127. The number of rotatable bonds is 2. The molecule has 1 amide bonds. The fourth-order valence-electron chi connectivity index (χ4n) is 2.23. The highest BCUT2D eigenvalue weighted by molar-refractivity contribution is 14.1. The van der Waals surface area contributed by atoms with Crippen LogP contribution in [0.25, 0.3) is 12.0 Å². The molecule has 2 N–H and O–H groups in total. The molecule has 0 saturated heterocycles. The maximum absolute atomic E-state index is 14.7. The molecule has 1 aliphatic rings. The largest absolute Gasteiger partial charge is 0.465 e. The number of carboxylic acid groups (broad SMARTS) is 1. The zero-order valence-electron chi connectivity index (χ0n) is 11.4. The molecule has 5 nitrogen and oxygen atoms in total. The number of hydrogen-bond acceptors (Lipinski definition) is 4. The van der Waals surface area contributed by atoms with Gasteiger partial charge in [0.05, 0.1) is 10.7 Å². The number of hydrogen-bond donors (Lipinski definition) is 2. The quantitative estimate of drug-likeness (QED) is 0.717. The molecule has 1 aromatic heterocycles. The number of nitrogens with zero attached hydrogens (tertiary/aromatic N) is 2. The zero-order chi connectivity index (χ0) is 15.9. The summed E-state index contributed by atoms with van der Waals surface area (Å²) in [6.45, 7) is 1.89. The Morgan fingerprint density at radius 3 is 3.00 bits per heavy atom. The van der Waals surface area contributed by atoms with Crippen LogP contribution in [0.5, 0.6) is 0 Å². The maximum atomic E-state index is 14.7. The van der Waals surface area contributed by atoms with Crippen molar-refractivity contribution in [2.45, 2.75) is 13.1 Å². The fourth-order valence-corrected chi connectivity index (χ4v) is 3.55. The van der Waals surface area contributed by atoms with E-state index in [0.717, 1.165) is 25.6 Å². The Hall–Kier alpha value is -1.68. The Labute approximate surface area is 143 Å². The third-order valence-corrected chi connectivity index (χ3v) is 4.81. The van der Waals surface area contributed by atoms with Crippen molar-refractivity contribution in [1.29, 1.82) is 0 Å². The average molecular weight is 431 g/mol. The van der Waals surface area contributed by atoms with Gasteiger partial charge < -0.3 is 10.4 Å². The lowest BCUT2D eigenvalue weighted by molar-refractivity contribution is 0.162. The van der Waals surface area contributed by atoms with Crippen LogP contribution in [-0.2, 0) is 0 Å².